The van der Waals surface area contributed by atoms with Crippen molar-refractivity contribution in [2.24, 2.45) is 0 Å². The fourth-order valence-electron chi connectivity index (χ4n) is 4.23. The zero-order chi connectivity index (χ0) is 26.0. The smallest absolute Gasteiger partial charge is 0.187 e. The van der Waals surface area contributed by atoms with Crippen LogP contribution in [0.5, 0.6) is 0 Å². The number of ether oxygens (including phenoxy) is 6. The summed E-state index contributed by atoms with van der Waals surface area (Å²) in [6.45, 7) is -2.22. The van der Waals surface area contributed by atoms with Gasteiger partial charge in [-0.3, -0.25) is 0 Å². The minimum atomic E-state index is -1.84. The Bertz CT molecular complexity index is 652. The van der Waals surface area contributed by atoms with Crippen LogP contribution in [0, 0.1) is 0 Å². The molecular formula is C19H34O16. The summed E-state index contributed by atoms with van der Waals surface area (Å²) in [5.74, 6) is 0. The summed E-state index contributed by atoms with van der Waals surface area (Å²) in [7, 11) is 1.19. The molecule has 0 aromatic carbocycles. The fraction of sp³-hybridized carbons (Fsp3) is 1.00. The van der Waals surface area contributed by atoms with Gasteiger partial charge in [-0.1, -0.05) is 0 Å². The van der Waals surface area contributed by atoms with Gasteiger partial charge in [-0.2, -0.15) is 0 Å². The van der Waals surface area contributed by atoms with Gasteiger partial charge in [0, 0.05) is 7.11 Å². The van der Waals surface area contributed by atoms with Crippen LogP contribution < -0.4 is 0 Å². The molecule has 15 atom stereocenters. The molecule has 0 spiro atoms. The Morgan fingerprint density at radius 2 is 0.886 bits per heavy atom. The van der Waals surface area contributed by atoms with E-state index in [0.717, 1.165) is 0 Å². The van der Waals surface area contributed by atoms with Gasteiger partial charge >= 0.3 is 0 Å². The third-order valence-electron chi connectivity index (χ3n) is 6.31. The second kappa shape index (κ2) is 12.3. The molecule has 10 N–H and O–H groups in total. The predicted molar refractivity (Wildman–Crippen MR) is 106 cm³/mol. The van der Waals surface area contributed by atoms with E-state index in [1.54, 1.807) is 0 Å². The van der Waals surface area contributed by atoms with Gasteiger partial charge in [0.2, 0.25) is 0 Å². The highest BCUT2D eigenvalue weighted by Gasteiger charge is 2.54. The van der Waals surface area contributed by atoms with Crippen LogP contribution in [0.3, 0.4) is 0 Å². The lowest BCUT2D eigenvalue weighted by Crippen LogP contribution is -2.67. The maximum absolute atomic E-state index is 10.8. The predicted octanol–water partition coefficient (Wildman–Crippen LogP) is -6.92. The molecule has 16 heteroatoms. The summed E-state index contributed by atoms with van der Waals surface area (Å²) in [6.07, 6.45) is -24.1. The minimum absolute atomic E-state index is 0.733. The van der Waals surface area contributed by atoms with Crippen molar-refractivity contribution in [3.63, 3.8) is 0 Å². The molecule has 3 rings (SSSR count). The lowest BCUT2D eigenvalue weighted by atomic mass is 9.96. The topological polar surface area (TPSA) is 258 Å². The van der Waals surface area contributed by atoms with Crippen molar-refractivity contribution in [1.82, 2.24) is 0 Å². The van der Waals surface area contributed by atoms with Crippen LogP contribution in [-0.4, -0.2) is 170 Å². The molecule has 0 bridgehead atoms. The summed E-state index contributed by atoms with van der Waals surface area (Å²) in [5.41, 5.74) is 0. The lowest BCUT2D eigenvalue weighted by Gasteiger charge is -2.48. The molecule has 0 aromatic heterocycles. The average Bonchev–Trinajstić information content (AvgIpc) is 2.86. The van der Waals surface area contributed by atoms with E-state index < -0.39 is 112 Å². The van der Waals surface area contributed by atoms with E-state index in [9.17, 15) is 51.1 Å². The summed E-state index contributed by atoms with van der Waals surface area (Å²) < 4.78 is 32.5. The molecule has 0 unspecified atom stereocenters. The summed E-state index contributed by atoms with van der Waals surface area (Å²) in [5, 5.41) is 100. The number of aliphatic hydroxyl groups excluding tert-OH is 10. The molecule has 3 fully saturated rings. The summed E-state index contributed by atoms with van der Waals surface area (Å²) in [4.78, 5) is 0. The van der Waals surface area contributed by atoms with Gasteiger partial charge < -0.3 is 79.5 Å². The van der Waals surface area contributed by atoms with Crippen LogP contribution in [0.15, 0.2) is 0 Å². The van der Waals surface area contributed by atoms with Crippen molar-refractivity contribution in [3.05, 3.63) is 0 Å². The van der Waals surface area contributed by atoms with Gasteiger partial charge in [-0.15, -0.1) is 0 Å². The van der Waals surface area contributed by atoms with E-state index in [0.29, 0.717) is 0 Å². The molecule has 3 saturated heterocycles. The molecule has 0 saturated carbocycles. The van der Waals surface area contributed by atoms with E-state index >= 15 is 0 Å². The van der Waals surface area contributed by atoms with Gasteiger partial charge in [-0.05, 0) is 0 Å². The largest absolute Gasteiger partial charge is 0.394 e. The van der Waals surface area contributed by atoms with Gasteiger partial charge in [0.25, 0.3) is 0 Å². The Morgan fingerprint density at radius 1 is 0.486 bits per heavy atom. The van der Waals surface area contributed by atoms with Crippen molar-refractivity contribution in [3.8, 4) is 0 Å². The summed E-state index contributed by atoms with van der Waals surface area (Å²) >= 11 is 0. The number of methoxy groups -OCH3 is 1. The molecule has 3 aliphatic rings. The first kappa shape index (κ1) is 28.9. The first-order valence-corrected chi connectivity index (χ1v) is 11.0. The van der Waals surface area contributed by atoms with Crippen LogP contribution in [0.4, 0.5) is 0 Å². The molecular weight excluding hydrogens is 484 g/mol. The molecule has 0 amide bonds. The quantitative estimate of drug-likeness (QED) is 0.143. The molecule has 0 aromatic rings. The van der Waals surface area contributed by atoms with Gasteiger partial charge in [-0.25, -0.2) is 0 Å². The van der Waals surface area contributed by atoms with E-state index in [1.165, 1.54) is 7.11 Å². The molecule has 3 heterocycles. The standard InChI is InChI=1S/C19H34O16/c1-30-17-14(29)16(35-19-13(28)11(26)9(24)6(3-21)32-19)15(7(4-22)33-17)34-18-12(27)10(25)8(23)5(2-20)31-18/h5-29H,2-4H2,1H3/t5-,6-,7-,8-,9-,10+,11+,12-,13-,14-,15+,16-,17+,18+,19-/m1/s1. The first-order valence-electron chi connectivity index (χ1n) is 11.0. The van der Waals surface area contributed by atoms with Crippen LogP contribution in [0.1, 0.15) is 0 Å². The van der Waals surface area contributed by atoms with Crippen LogP contribution >= 0.6 is 0 Å². The molecule has 0 radical (unpaired) electrons. The van der Waals surface area contributed by atoms with Gasteiger partial charge in [0.15, 0.2) is 18.9 Å². The van der Waals surface area contributed by atoms with Gasteiger partial charge in [0.05, 0.1) is 19.8 Å². The van der Waals surface area contributed by atoms with E-state index in [-0.39, 0.29) is 0 Å². The normalized spacial score (nSPS) is 51.3. The number of hydrogen-bond acceptors (Lipinski definition) is 16. The average molecular weight is 518 g/mol. The SMILES string of the molecule is CO[C@H]1O[C@H](CO)[C@H](O[C@@H]2O[C@H](CO)[C@@H](O)[C@H](O)[C@H]2O)[C@H](O[C@H]2O[C@H](CO)[C@@H](O)[C@H](O)[C@H]2O)[C@H]1O. The first-order chi connectivity index (χ1) is 16.6. The van der Waals surface area contributed by atoms with Crippen LogP contribution in [-0.2, 0) is 28.4 Å². The van der Waals surface area contributed by atoms with Crippen LogP contribution in [0.25, 0.3) is 0 Å². The Labute approximate surface area is 199 Å². The molecule has 0 aliphatic carbocycles. The molecule has 206 valence electrons. The minimum Gasteiger partial charge on any atom is -0.394 e. The second-order valence-electron chi connectivity index (χ2n) is 8.55. The van der Waals surface area contributed by atoms with Crippen molar-refractivity contribution in [1.29, 1.82) is 0 Å². The highest BCUT2D eigenvalue weighted by molar-refractivity contribution is 4.96. The van der Waals surface area contributed by atoms with Crippen LogP contribution in [0.2, 0.25) is 0 Å². The van der Waals surface area contributed by atoms with Crippen molar-refractivity contribution < 1.29 is 79.5 Å². The Balaban J connectivity index is 1.86. The van der Waals surface area contributed by atoms with E-state index in [4.69, 9.17) is 28.4 Å². The molecule has 3 aliphatic heterocycles. The lowest BCUT2D eigenvalue weighted by molar-refractivity contribution is -0.385. The van der Waals surface area contributed by atoms with Crippen molar-refractivity contribution in [2.75, 3.05) is 26.9 Å². The number of hydrogen-bond donors (Lipinski definition) is 10. The monoisotopic (exact) mass is 518 g/mol. The van der Waals surface area contributed by atoms with Gasteiger partial charge in [0.1, 0.15) is 73.2 Å². The molecule has 16 nitrogen and oxygen atoms in total. The van der Waals surface area contributed by atoms with Crippen molar-refractivity contribution in [2.45, 2.75) is 92.1 Å². The number of rotatable bonds is 8. The maximum atomic E-state index is 10.8. The number of aliphatic hydroxyl groups is 10. The third kappa shape index (κ3) is 5.78. The Kier molecular flexibility index (Phi) is 10.1. The second-order valence-corrected chi connectivity index (χ2v) is 8.55. The zero-order valence-electron chi connectivity index (χ0n) is 18.7. The molecule has 35 heavy (non-hydrogen) atoms. The maximum Gasteiger partial charge on any atom is 0.187 e. The Hall–Kier alpha value is -0.640. The van der Waals surface area contributed by atoms with Crippen molar-refractivity contribution >= 4 is 0 Å². The zero-order valence-corrected chi connectivity index (χ0v) is 18.7. The third-order valence-corrected chi connectivity index (χ3v) is 6.31. The Morgan fingerprint density at radius 3 is 1.29 bits per heavy atom. The summed E-state index contributed by atoms with van der Waals surface area (Å²) in [6, 6.07) is 0. The highest BCUT2D eigenvalue weighted by atomic mass is 16.8. The highest BCUT2D eigenvalue weighted by Crippen LogP contribution is 2.33. The van der Waals surface area contributed by atoms with E-state index in [1.807, 2.05) is 0 Å². The van der Waals surface area contributed by atoms with E-state index in [2.05, 4.69) is 0 Å². The fourth-order valence-corrected chi connectivity index (χ4v) is 4.23.